The highest BCUT2D eigenvalue weighted by Crippen LogP contribution is 2.29. The van der Waals surface area contributed by atoms with E-state index in [9.17, 15) is 0 Å². The molecule has 0 aliphatic carbocycles. The molecule has 0 amide bonds. The number of aryl methyl sites for hydroxylation is 1. The van der Waals surface area contributed by atoms with E-state index < -0.39 is 0 Å². The van der Waals surface area contributed by atoms with Gasteiger partial charge in [0.2, 0.25) is 0 Å². The minimum absolute atomic E-state index is 0.395. The molecule has 1 heterocycles. The fourth-order valence-electron chi connectivity index (χ4n) is 1.31. The first-order valence-electron chi connectivity index (χ1n) is 5.22. The number of nitrogens with two attached hydrogens (primary N) is 1. The summed E-state index contributed by atoms with van der Waals surface area (Å²) in [5.74, 6) is 1.42. The van der Waals surface area contributed by atoms with E-state index in [-0.39, 0.29) is 0 Å². The number of benzene rings is 1. The highest BCUT2D eigenvalue weighted by molar-refractivity contribution is 7.07. The molecule has 90 valence electrons. The normalized spacial score (nSPS) is 10.5. The Kier molecular flexibility index (Phi) is 3.93. The van der Waals surface area contributed by atoms with E-state index in [0.29, 0.717) is 22.5 Å². The standard InChI is InChI=1S/C11H12ClN3OS/c1-2-10-14-11(17-15-10)16-9-5-8(12)4-3-7(9)6-13/h3-5H,2,6,13H2,1H3. The number of rotatable bonds is 4. The van der Waals surface area contributed by atoms with Crippen LogP contribution in [0.25, 0.3) is 0 Å². The maximum Gasteiger partial charge on any atom is 0.298 e. The predicted octanol–water partition coefficient (Wildman–Crippen LogP) is 3.00. The zero-order chi connectivity index (χ0) is 12.3. The first-order valence-corrected chi connectivity index (χ1v) is 6.37. The summed E-state index contributed by atoms with van der Waals surface area (Å²) in [7, 11) is 0. The van der Waals surface area contributed by atoms with Gasteiger partial charge in [0.1, 0.15) is 11.6 Å². The highest BCUT2D eigenvalue weighted by atomic mass is 35.5. The van der Waals surface area contributed by atoms with Crippen LogP contribution >= 0.6 is 23.1 Å². The summed E-state index contributed by atoms with van der Waals surface area (Å²) in [6.45, 7) is 2.39. The van der Waals surface area contributed by atoms with Crippen molar-refractivity contribution in [1.82, 2.24) is 9.36 Å². The Morgan fingerprint density at radius 2 is 2.29 bits per heavy atom. The quantitative estimate of drug-likeness (QED) is 0.927. The van der Waals surface area contributed by atoms with E-state index in [2.05, 4.69) is 9.36 Å². The van der Waals surface area contributed by atoms with Gasteiger partial charge >= 0.3 is 0 Å². The van der Waals surface area contributed by atoms with Crippen molar-refractivity contribution in [2.45, 2.75) is 19.9 Å². The van der Waals surface area contributed by atoms with E-state index in [1.807, 2.05) is 13.0 Å². The third-order valence-electron chi connectivity index (χ3n) is 2.21. The average Bonchev–Trinajstić information content (AvgIpc) is 2.77. The number of halogens is 1. The molecule has 0 spiro atoms. The third kappa shape index (κ3) is 2.94. The molecule has 0 bridgehead atoms. The SMILES string of the molecule is CCc1nsc(Oc2cc(Cl)ccc2CN)n1. The Morgan fingerprint density at radius 3 is 2.94 bits per heavy atom. The molecule has 4 nitrogen and oxygen atoms in total. The van der Waals surface area contributed by atoms with Crippen LogP contribution in [-0.4, -0.2) is 9.36 Å². The monoisotopic (exact) mass is 269 g/mol. The smallest absolute Gasteiger partial charge is 0.298 e. The summed E-state index contributed by atoms with van der Waals surface area (Å²) in [5.41, 5.74) is 6.52. The molecule has 0 saturated carbocycles. The zero-order valence-electron chi connectivity index (χ0n) is 9.31. The molecule has 17 heavy (non-hydrogen) atoms. The van der Waals surface area contributed by atoms with Crippen LogP contribution in [0.4, 0.5) is 0 Å². The van der Waals surface area contributed by atoms with Crippen LogP contribution in [0.5, 0.6) is 10.9 Å². The van der Waals surface area contributed by atoms with Crippen LogP contribution in [0.2, 0.25) is 5.02 Å². The van der Waals surface area contributed by atoms with Crippen LogP contribution in [0, 0.1) is 0 Å². The lowest BCUT2D eigenvalue weighted by Crippen LogP contribution is -1.99. The fraction of sp³-hybridized carbons (Fsp3) is 0.273. The lowest BCUT2D eigenvalue weighted by Gasteiger charge is -2.07. The second kappa shape index (κ2) is 5.44. The first kappa shape index (κ1) is 12.3. The molecule has 1 aromatic carbocycles. The molecule has 2 aromatic rings. The molecule has 6 heteroatoms. The largest absolute Gasteiger partial charge is 0.429 e. The van der Waals surface area contributed by atoms with Crippen LogP contribution in [-0.2, 0) is 13.0 Å². The number of hydrogen-bond acceptors (Lipinski definition) is 5. The van der Waals surface area contributed by atoms with E-state index in [1.54, 1.807) is 12.1 Å². The summed E-state index contributed by atoms with van der Waals surface area (Å²) in [5, 5.41) is 1.12. The van der Waals surface area contributed by atoms with Crippen molar-refractivity contribution in [3.8, 4) is 10.9 Å². The molecule has 0 saturated heterocycles. The van der Waals surface area contributed by atoms with Gasteiger partial charge in [-0.1, -0.05) is 24.6 Å². The Balaban J connectivity index is 2.25. The summed E-state index contributed by atoms with van der Waals surface area (Å²) in [4.78, 5) is 4.23. The van der Waals surface area contributed by atoms with Gasteiger partial charge in [-0.25, -0.2) is 0 Å². The van der Waals surface area contributed by atoms with E-state index >= 15 is 0 Å². The van der Waals surface area contributed by atoms with Gasteiger partial charge in [-0.15, -0.1) is 0 Å². The lowest BCUT2D eigenvalue weighted by molar-refractivity contribution is 0.471. The molecule has 2 rings (SSSR count). The Hall–Kier alpha value is -1.17. The number of nitrogens with zero attached hydrogens (tertiary/aromatic N) is 2. The minimum Gasteiger partial charge on any atom is -0.429 e. The molecule has 2 N–H and O–H groups in total. The van der Waals surface area contributed by atoms with Crippen molar-refractivity contribution in [2.75, 3.05) is 0 Å². The van der Waals surface area contributed by atoms with Gasteiger partial charge in [0.15, 0.2) is 0 Å². The van der Waals surface area contributed by atoms with Crippen LogP contribution in [0.15, 0.2) is 18.2 Å². The van der Waals surface area contributed by atoms with Crippen molar-refractivity contribution >= 4 is 23.1 Å². The molecular weight excluding hydrogens is 258 g/mol. The number of ether oxygens (including phenoxy) is 1. The van der Waals surface area contributed by atoms with Crippen LogP contribution < -0.4 is 10.5 Å². The topological polar surface area (TPSA) is 61.0 Å². The van der Waals surface area contributed by atoms with Crippen LogP contribution in [0.3, 0.4) is 0 Å². The van der Waals surface area contributed by atoms with Gasteiger partial charge in [-0.05, 0) is 12.1 Å². The number of hydrogen-bond donors (Lipinski definition) is 1. The maximum atomic E-state index is 5.92. The zero-order valence-corrected chi connectivity index (χ0v) is 10.9. The molecule has 0 atom stereocenters. The van der Waals surface area contributed by atoms with Crippen molar-refractivity contribution in [3.63, 3.8) is 0 Å². The van der Waals surface area contributed by atoms with Crippen LogP contribution in [0.1, 0.15) is 18.3 Å². The van der Waals surface area contributed by atoms with Crippen molar-refractivity contribution in [2.24, 2.45) is 5.73 Å². The second-order valence-corrected chi connectivity index (χ2v) is 4.54. The Labute approximate surface area is 109 Å². The molecule has 1 aromatic heterocycles. The molecule has 0 unspecified atom stereocenters. The molecular formula is C11H12ClN3OS. The van der Waals surface area contributed by atoms with Gasteiger partial charge < -0.3 is 10.5 Å². The minimum atomic E-state index is 0.395. The highest BCUT2D eigenvalue weighted by Gasteiger charge is 2.08. The lowest BCUT2D eigenvalue weighted by atomic mass is 10.2. The van der Waals surface area contributed by atoms with Gasteiger partial charge in [-0.2, -0.15) is 9.36 Å². The van der Waals surface area contributed by atoms with Crippen molar-refractivity contribution in [1.29, 1.82) is 0 Å². The van der Waals surface area contributed by atoms with Gasteiger partial charge in [0.25, 0.3) is 5.19 Å². The molecule has 0 aliphatic rings. The first-order chi connectivity index (χ1) is 8.22. The van der Waals surface area contributed by atoms with Gasteiger partial charge in [-0.3, -0.25) is 0 Å². The average molecular weight is 270 g/mol. The van der Waals surface area contributed by atoms with Gasteiger partial charge in [0, 0.05) is 35.1 Å². The predicted molar refractivity (Wildman–Crippen MR) is 68.7 cm³/mol. The van der Waals surface area contributed by atoms with Crippen molar-refractivity contribution in [3.05, 3.63) is 34.6 Å². The van der Waals surface area contributed by atoms with Crippen molar-refractivity contribution < 1.29 is 4.74 Å². The third-order valence-corrected chi connectivity index (χ3v) is 3.08. The second-order valence-electron chi connectivity index (χ2n) is 3.39. The van der Waals surface area contributed by atoms with E-state index in [4.69, 9.17) is 22.1 Å². The summed E-state index contributed by atoms with van der Waals surface area (Å²) >= 11 is 7.15. The van der Waals surface area contributed by atoms with E-state index in [0.717, 1.165) is 17.8 Å². The summed E-state index contributed by atoms with van der Waals surface area (Å²) < 4.78 is 9.79. The number of aromatic nitrogens is 2. The maximum absolute atomic E-state index is 5.92. The summed E-state index contributed by atoms with van der Waals surface area (Å²) in [6, 6.07) is 5.37. The van der Waals surface area contributed by atoms with Gasteiger partial charge in [0.05, 0.1) is 0 Å². The molecule has 0 fully saturated rings. The fourth-order valence-corrected chi connectivity index (χ4v) is 2.10. The summed E-state index contributed by atoms with van der Waals surface area (Å²) in [6.07, 6.45) is 0.791. The molecule has 0 aliphatic heterocycles. The molecule has 0 radical (unpaired) electrons. The van der Waals surface area contributed by atoms with E-state index in [1.165, 1.54) is 11.5 Å². The Bertz CT molecular complexity index is 515. The Morgan fingerprint density at radius 1 is 1.47 bits per heavy atom.